The second-order valence-electron chi connectivity index (χ2n) is 5.09. The molecule has 0 saturated heterocycles. The molecule has 78 valence electrons. The predicted molar refractivity (Wildman–Crippen MR) is 64.4 cm³/mol. The lowest BCUT2D eigenvalue weighted by Crippen LogP contribution is -2.25. The summed E-state index contributed by atoms with van der Waals surface area (Å²) in [7, 11) is 0. The van der Waals surface area contributed by atoms with E-state index in [4.69, 9.17) is 0 Å². The largest absolute Gasteiger partial charge is 0.0834 e. The number of hydrogen-bond acceptors (Lipinski definition) is 0. The van der Waals surface area contributed by atoms with Crippen molar-refractivity contribution in [1.29, 1.82) is 0 Å². The Balaban J connectivity index is 1.80. The highest BCUT2D eigenvalue weighted by Crippen LogP contribution is 2.42. The molecule has 3 atom stereocenters. The Morgan fingerprint density at radius 3 is 2.60 bits per heavy atom. The number of hydrogen-bond donors (Lipinski definition) is 0. The van der Waals surface area contributed by atoms with E-state index in [-0.39, 0.29) is 0 Å². The predicted octanol–water partition coefficient (Wildman–Crippen LogP) is 4.03. The topological polar surface area (TPSA) is 0 Å². The van der Waals surface area contributed by atoms with Gasteiger partial charge in [-0.3, -0.25) is 0 Å². The molecule has 1 saturated carbocycles. The maximum absolute atomic E-state index is 2.53. The van der Waals surface area contributed by atoms with Crippen molar-refractivity contribution in [3.05, 3.63) is 47.6 Å². The highest BCUT2D eigenvalue weighted by molar-refractivity contribution is 5.36. The van der Waals surface area contributed by atoms with Crippen molar-refractivity contribution in [2.24, 2.45) is 17.8 Å². The Morgan fingerprint density at radius 2 is 1.93 bits per heavy atom. The van der Waals surface area contributed by atoms with Gasteiger partial charge >= 0.3 is 0 Å². The quantitative estimate of drug-likeness (QED) is 0.596. The number of rotatable bonds is 1. The van der Waals surface area contributed by atoms with E-state index in [1.807, 2.05) is 0 Å². The first-order valence-electron chi connectivity index (χ1n) is 6.08. The molecule has 15 heavy (non-hydrogen) atoms. The van der Waals surface area contributed by atoms with Crippen LogP contribution in [0.15, 0.2) is 47.6 Å². The van der Waals surface area contributed by atoms with Gasteiger partial charge in [-0.25, -0.2) is 0 Å². The Labute approximate surface area is 92.1 Å². The summed E-state index contributed by atoms with van der Waals surface area (Å²) >= 11 is 0. The fourth-order valence-electron chi connectivity index (χ4n) is 2.86. The van der Waals surface area contributed by atoms with Gasteiger partial charge in [-0.15, -0.1) is 0 Å². The van der Waals surface area contributed by atoms with Crippen LogP contribution in [-0.2, 0) is 0 Å². The zero-order chi connectivity index (χ0) is 10.3. The molecule has 0 nitrogen and oxygen atoms in total. The van der Waals surface area contributed by atoms with Crippen LogP contribution in [0.3, 0.4) is 0 Å². The van der Waals surface area contributed by atoms with E-state index in [0.29, 0.717) is 5.92 Å². The smallest absolute Gasteiger partial charge is 0.00551 e. The van der Waals surface area contributed by atoms with E-state index in [1.165, 1.54) is 24.8 Å². The minimum Gasteiger partial charge on any atom is -0.0834 e. The summed E-state index contributed by atoms with van der Waals surface area (Å²) in [5, 5.41) is 0. The van der Waals surface area contributed by atoms with Crippen molar-refractivity contribution >= 4 is 0 Å². The third-order valence-electron chi connectivity index (χ3n) is 3.99. The lowest BCUT2D eigenvalue weighted by atomic mass is 9.69. The molecule has 3 unspecified atom stereocenters. The zero-order valence-corrected chi connectivity index (χ0v) is 9.32. The van der Waals surface area contributed by atoms with Crippen molar-refractivity contribution in [2.45, 2.75) is 26.2 Å². The zero-order valence-electron chi connectivity index (χ0n) is 9.32. The summed E-state index contributed by atoms with van der Waals surface area (Å²) in [4.78, 5) is 0. The van der Waals surface area contributed by atoms with Crippen LogP contribution in [0.4, 0.5) is 0 Å². The van der Waals surface area contributed by atoms with Gasteiger partial charge in [-0.1, -0.05) is 42.0 Å². The van der Waals surface area contributed by atoms with Crippen LogP contribution in [-0.4, -0.2) is 0 Å². The van der Waals surface area contributed by atoms with Gasteiger partial charge in [-0.2, -0.15) is 0 Å². The van der Waals surface area contributed by atoms with Gasteiger partial charge in [0.2, 0.25) is 0 Å². The van der Waals surface area contributed by atoms with Crippen molar-refractivity contribution in [1.82, 2.24) is 0 Å². The third-order valence-corrected chi connectivity index (χ3v) is 3.99. The highest BCUT2D eigenvalue weighted by Gasteiger charge is 2.30. The van der Waals surface area contributed by atoms with Gasteiger partial charge in [0, 0.05) is 5.92 Å². The number of fused-ring (bicyclic) bond motifs is 1. The molecular weight excluding hydrogens is 180 g/mol. The van der Waals surface area contributed by atoms with E-state index in [9.17, 15) is 0 Å². The SMILES string of the molecule is CC1=CC(C2=CC3CCC3C=C2)CC=C1. The normalized spacial score (nSPS) is 37.8. The summed E-state index contributed by atoms with van der Waals surface area (Å²) < 4.78 is 0. The Morgan fingerprint density at radius 1 is 1.07 bits per heavy atom. The van der Waals surface area contributed by atoms with Gasteiger partial charge in [0.05, 0.1) is 0 Å². The first-order chi connectivity index (χ1) is 7.33. The molecule has 0 radical (unpaired) electrons. The summed E-state index contributed by atoms with van der Waals surface area (Å²) in [6, 6.07) is 0. The Hall–Kier alpha value is -1.04. The van der Waals surface area contributed by atoms with Gasteiger partial charge in [0.25, 0.3) is 0 Å². The van der Waals surface area contributed by atoms with E-state index in [1.54, 1.807) is 5.57 Å². The second-order valence-corrected chi connectivity index (χ2v) is 5.09. The van der Waals surface area contributed by atoms with Crippen molar-refractivity contribution < 1.29 is 0 Å². The molecule has 3 aliphatic carbocycles. The summed E-state index contributed by atoms with van der Waals surface area (Å²) in [5.41, 5.74) is 2.97. The third kappa shape index (κ3) is 1.62. The maximum Gasteiger partial charge on any atom is 0.00551 e. The van der Waals surface area contributed by atoms with Gasteiger partial charge < -0.3 is 0 Å². The molecule has 0 heteroatoms. The molecule has 0 aromatic heterocycles. The van der Waals surface area contributed by atoms with Crippen molar-refractivity contribution in [2.75, 3.05) is 0 Å². The molecule has 0 aromatic rings. The lowest BCUT2D eigenvalue weighted by Gasteiger charge is -2.36. The average molecular weight is 198 g/mol. The standard InChI is InChI=1S/C15H18/c1-11-3-2-4-13(9-11)15-8-6-12-5-7-14(12)10-15/h2-3,6,8-10,12-14H,4-5,7H2,1H3. The average Bonchev–Trinajstić information content (AvgIpc) is 2.20. The molecule has 3 rings (SSSR count). The molecule has 0 spiro atoms. The summed E-state index contributed by atoms with van der Waals surface area (Å²) in [5.74, 6) is 2.38. The Bertz CT molecular complexity index is 379. The van der Waals surface area contributed by atoms with Crippen LogP contribution < -0.4 is 0 Å². The molecule has 0 heterocycles. The van der Waals surface area contributed by atoms with Crippen LogP contribution in [0.1, 0.15) is 26.2 Å². The minimum atomic E-state index is 0.646. The summed E-state index contributed by atoms with van der Waals surface area (Å²) in [6.07, 6.45) is 18.3. The van der Waals surface area contributed by atoms with Crippen LogP contribution in [0, 0.1) is 17.8 Å². The van der Waals surface area contributed by atoms with Crippen molar-refractivity contribution in [3.8, 4) is 0 Å². The van der Waals surface area contributed by atoms with E-state index < -0.39 is 0 Å². The molecule has 0 aliphatic heterocycles. The first kappa shape index (κ1) is 9.21. The van der Waals surface area contributed by atoms with Crippen LogP contribution in [0.5, 0.6) is 0 Å². The van der Waals surface area contributed by atoms with Crippen molar-refractivity contribution in [3.63, 3.8) is 0 Å². The molecular formula is C15H18. The van der Waals surface area contributed by atoms with Gasteiger partial charge in [0.1, 0.15) is 0 Å². The first-order valence-corrected chi connectivity index (χ1v) is 6.08. The van der Waals surface area contributed by atoms with Gasteiger partial charge in [-0.05, 0) is 43.6 Å². The van der Waals surface area contributed by atoms with E-state index in [2.05, 4.69) is 43.4 Å². The molecule has 0 aromatic carbocycles. The highest BCUT2D eigenvalue weighted by atomic mass is 14.3. The van der Waals surface area contributed by atoms with Crippen LogP contribution >= 0.6 is 0 Å². The minimum absolute atomic E-state index is 0.646. The fraction of sp³-hybridized carbons (Fsp3) is 0.467. The number of allylic oxidation sites excluding steroid dienone is 8. The fourth-order valence-corrected chi connectivity index (χ4v) is 2.86. The Kier molecular flexibility index (Phi) is 2.16. The monoisotopic (exact) mass is 198 g/mol. The molecule has 3 aliphatic rings. The van der Waals surface area contributed by atoms with Crippen LogP contribution in [0.2, 0.25) is 0 Å². The molecule has 0 amide bonds. The van der Waals surface area contributed by atoms with Crippen LogP contribution in [0.25, 0.3) is 0 Å². The van der Waals surface area contributed by atoms with E-state index in [0.717, 1.165) is 11.8 Å². The van der Waals surface area contributed by atoms with Gasteiger partial charge in [0.15, 0.2) is 0 Å². The molecule has 0 bridgehead atoms. The molecule has 0 N–H and O–H groups in total. The molecule has 1 fully saturated rings. The lowest BCUT2D eigenvalue weighted by molar-refractivity contribution is 0.280. The van der Waals surface area contributed by atoms with E-state index >= 15 is 0 Å². The summed E-state index contributed by atoms with van der Waals surface area (Å²) in [6.45, 7) is 2.20. The maximum atomic E-state index is 2.53. The second kappa shape index (κ2) is 3.52.